The normalized spacial score (nSPS) is 15.9. The number of hydrogen-bond acceptors (Lipinski definition) is 4. The highest BCUT2D eigenvalue weighted by molar-refractivity contribution is 7.80. The predicted molar refractivity (Wildman–Crippen MR) is 120 cm³/mol. The van der Waals surface area contributed by atoms with Crippen molar-refractivity contribution in [2.75, 3.05) is 10.2 Å². The summed E-state index contributed by atoms with van der Waals surface area (Å²) < 4.78 is 26.5. The average Bonchev–Trinajstić information content (AvgIpc) is 3.01. The van der Waals surface area contributed by atoms with E-state index in [1.54, 1.807) is 23.2 Å². The largest absolute Gasteiger partial charge is 0.330 e. The van der Waals surface area contributed by atoms with Gasteiger partial charge in [0, 0.05) is 11.9 Å². The zero-order valence-electron chi connectivity index (χ0n) is 16.7. The van der Waals surface area contributed by atoms with Crippen LogP contribution in [-0.2, 0) is 16.1 Å². The maximum atomic E-state index is 13.4. The Bertz CT molecular complexity index is 1140. The number of aromatic nitrogens is 1. The molecule has 9 heteroatoms. The van der Waals surface area contributed by atoms with Crippen molar-refractivity contribution in [3.8, 4) is 0 Å². The number of hydrogen-bond donors (Lipinski definition) is 1. The van der Waals surface area contributed by atoms with Gasteiger partial charge in [0.15, 0.2) is 5.11 Å². The van der Waals surface area contributed by atoms with E-state index in [9.17, 15) is 18.4 Å². The molecule has 0 saturated carbocycles. The molecule has 3 aromatic rings. The van der Waals surface area contributed by atoms with Gasteiger partial charge in [0.1, 0.15) is 17.7 Å². The highest BCUT2D eigenvalue weighted by Gasteiger charge is 2.44. The molecule has 1 atom stereocenters. The van der Waals surface area contributed by atoms with Crippen LogP contribution in [0.4, 0.5) is 20.2 Å². The molecule has 32 heavy (non-hydrogen) atoms. The monoisotopic (exact) mass is 452 g/mol. The zero-order valence-corrected chi connectivity index (χ0v) is 17.6. The molecule has 2 heterocycles. The summed E-state index contributed by atoms with van der Waals surface area (Å²) >= 11 is 5.56. The van der Waals surface area contributed by atoms with Crippen LogP contribution in [0.3, 0.4) is 0 Å². The Kier molecular flexibility index (Phi) is 6.18. The fourth-order valence-corrected chi connectivity index (χ4v) is 3.82. The molecule has 2 aromatic carbocycles. The molecular formula is C23H18F2N4O2S. The molecule has 6 nitrogen and oxygen atoms in total. The smallest absolute Gasteiger partial charge is 0.256 e. The summed E-state index contributed by atoms with van der Waals surface area (Å²) in [7, 11) is 0. The number of nitrogens with one attached hydrogen (secondary N) is 1. The van der Waals surface area contributed by atoms with Crippen LogP contribution in [0.1, 0.15) is 12.1 Å². The molecule has 0 unspecified atom stereocenters. The van der Waals surface area contributed by atoms with E-state index in [0.717, 1.165) is 0 Å². The molecule has 1 fully saturated rings. The average molecular weight is 452 g/mol. The lowest BCUT2D eigenvalue weighted by atomic mass is 10.1. The number of pyridine rings is 1. The molecule has 1 aliphatic heterocycles. The van der Waals surface area contributed by atoms with E-state index >= 15 is 0 Å². The Hall–Kier alpha value is -3.72. The van der Waals surface area contributed by atoms with E-state index in [2.05, 4.69) is 10.3 Å². The van der Waals surface area contributed by atoms with Crippen molar-refractivity contribution in [3.63, 3.8) is 0 Å². The van der Waals surface area contributed by atoms with Crippen LogP contribution in [0.5, 0.6) is 0 Å². The number of rotatable bonds is 6. The van der Waals surface area contributed by atoms with Crippen LogP contribution in [-0.4, -0.2) is 32.9 Å². The van der Waals surface area contributed by atoms with Crippen LogP contribution in [0.15, 0.2) is 72.9 Å². The lowest BCUT2D eigenvalue weighted by Gasteiger charge is -2.23. The number of anilines is 2. The first-order chi connectivity index (χ1) is 15.4. The van der Waals surface area contributed by atoms with E-state index in [-0.39, 0.29) is 18.1 Å². The second kappa shape index (κ2) is 9.19. The van der Waals surface area contributed by atoms with Gasteiger partial charge in [-0.05, 0) is 72.9 Å². The Morgan fingerprint density at radius 3 is 2.28 bits per heavy atom. The molecule has 162 valence electrons. The summed E-state index contributed by atoms with van der Waals surface area (Å²) in [6.45, 7) is 0.220. The molecule has 0 bridgehead atoms. The molecule has 1 N–H and O–H groups in total. The number of carbonyl (C=O) groups is 2. The van der Waals surface area contributed by atoms with Crippen molar-refractivity contribution >= 4 is 40.5 Å². The van der Waals surface area contributed by atoms with Crippen molar-refractivity contribution < 1.29 is 18.4 Å². The highest BCUT2D eigenvalue weighted by atomic mass is 32.1. The minimum Gasteiger partial charge on any atom is -0.330 e. The van der Waals surface area contributed by atoms with E-state index in [1.807, 2.05) is 6.07 Å². The summed E-state index contributed by atoms with van der Waals surface area (Å²) in [6.07, 6.45) is 1.45. The van der Waals surface area contributed by atoms with Gasteiger partial charge in [-0.1, -0.05) is 6.07 Å². The van der Waals surface area contributed by atoms with E-state index in [4.69, 9.17) is 12.2 Å². The number of halogens is 2. The van der Waals surface area contributed by atoms with Crippen LogP contribution in [0.2, 0.25) is 0 Å². The summed E-state index contributed by atoms with van der Waals surface area (Å²) in [5.41, 5.74) is 1.50. The quantitative estimate of drug-likeness (QED) is 0.575. The first kappa shape index (κ1) is 21.5. The second-order valence-electron chi connectivity index (χ2n) is 7.16. The molecule has 1 saturated heterocycles. The third-order valence-electron chi connectivity index (χ3n) is 4.97. The minimum absolute atomic E-state index is 0.180. The van der Waals surface area contributed by atoms with Gasteiger partial charge < -0.3 is 10.2 Å². The number of amides is 2. The Labute approximate surface area is 188 Å². The van der Waals surface area contributed by atoms with Crippen molar-refractivity contribution in [2.45, 2.75) is 19.0 Å². The Morgan fingerprint density at radius 1 is 1.00 bits per heavy atom. The van der Waals surface area contributed by atoms with Crippen molar-refractivity contribution in [2.24, 2.45) is 0 Å². The van der Waals surface area contributed by atoms with Gasteiger partial charge >= 0.3 is 0 Å². The Morgan fingerprint density at radius 2 is 1.66 bits per heavy atom. The zero-order chi connectivity index (χ0) is 22.7. The molecule has 0 aliphatic carbocycles. The Balaban J connectivity index is 1.59. The van der Waals surface area contributed by atoms with Gasteiger partial charge in [-0.3, -0.25) is 19.5 Å². The summed E-state index contributed by atoms with van der Waals surface area (Å²) in [5, 5.41) is 2.87. The summed E-state index contributed by atoms with van der Waals surface area (Å²) in [6, 6.07) is 15.2. The topological polar surface area (TPSA) is 65.5 Å². The van der Waals surface area contributed by atoms with Crippen LogP contribution < -0.4 is 10.2 Å². The van der Waals surface area contributed by atoms with Crippen LogP contribution in [0.25, 0.3) is 0 Å². The van der Waals surface area contributed by atoms with Gasteiger partial charge in [-0.2, -0.15) is 0 Å². The van der Waals surface area contributed by atoms with Gasteiger partial charge in [0.2, 0.25) is 5.91 Å². The molecule has 1 aliphatic rings. The summed E-state index contributed by atoms with van der Waals surface area (Å²) in [5.74, 6) is -1.68. The van der Waals surface area contributed by atoms with Crippen molar-refractivity contribution in [1.29, 1.82) is 0 Å². The lowest BCUT2D eigenvalue weighted by Crippen LogP contribution is -2.37. The lowest BCUT2D eigenvalue weighted by molar-refractivity contribution is -0.124. The van der Waals surface area contributed by atoms with Crippen LogP contribution in [0, 0.1) is 11.6 Å². The molecular weight excluding hydrogens is 434 g/mol. The van der Waals surface area contributed by atoms with Gasteiger partial charge in [-0.25, -0.2) is 8.78 Å². The van der Waals surface area contributed by atoms with Gasteiger partial charge in [0.05, 0.1) is 24.3 Å². The first-order valence-electron chi connectivity index (χ1n) is 9.78. The molecule has 0 spiro atoms. The fourth-order valence-electron chi connectivity index (χ4n) is 3.43. The van der Waals surface area contributed by atoms with Gasteiger partial charge in [0.25, 0.3) is 5.91 Å². The van der Waals surface area contributed by atoms with Crippen molar-refractivity contribution in [1.82, 2.24) is 9.88 Å². The standard InChI is InChI=1S/C23H18F2N4O2S/c24-15-4-8-17(9-5-15)27-21(30)13-20-22(31)29(19-10-6-16(25)7-11-19)23(32)28(20)14-18-3-1-2-12-26-18/h1-12,20H,13-14H2,(H,27,30)/t20-/m1/s1. The SMILES string of the molecule is O=C(C[C@@H]1C(=O)N(c2ccc(F)cc2)C(=S)N1Cc1ccccn1)Nc1ccc(F)cc1. The van der Waals surface area contributed by atoms with Crippen LogP contribution >= 0.6 is 12.2 Å². The molecule has 1 aromatic heterocycles. The fraction of sp³-hybridized carbons (Fsp3) is 0.130. The number of thiocarbonyl (C=S) groups is 1. The molecule has 4 rings (SSSR count). The van der Waals surface area contributed by atoms with E-state index in [0.29, 0.717) is 17.1 Å². The third kappa shape index (κ3) is 4.62. The first-order valence-corrected chi connectivity index (χ1v) is 10.2. The number of benzene rings is 2. The van der Waals surface area contributed by atoms with E-state index in [1.165, 1.54) is 53.4 Å². The predicted octanol–water partition coefficient (Wildman–Crippen LogP) is 3.89. The van der Waals surface area contributed by atoms with Crippen molar-refractivity contribution in [3.05, 3.63) is 90.3 Å². The number of nitrogens with zero attached hydrogens (tertiary/aromatic N) is 3. The van der Waals surface area contributed by atoms with E-state index < -0.39 is 29.5 Å². The third-order valence-corrected chi connectivity index (χ3v) is 5.39. The second-order valence-corrected chi connectivity index (χ2v) is 7.52. The maximum Gasteiger partial charge on any atom is 0.256 e. The number of carbonyl (C=O) groups excluding carboxylic acids is 2. The highest BCUT2D eigenvalue weighted by Crippen LogP contribution is 2.29. The molecule has 0 radical (unpaired) electrons. The maximum absolute atomic E-state index is 13.4. The van der Waals surface area contributed by atoms with Gasteiger partial charge in [-0.15, -0.1) is 0 Å². The molecule has 2 amide bonds. The minimum atomic E-state index is -0.880. The summed E-state index contributed by atoms with van der Waals surface area (Å²) in [4.78, 5) is 33.2.